The molecular weight excluding hydrogens is 196 g/mol. The van der Waals surface area contributed by atoms with Gasteiger partial charge in [0.25, 0.3) is 0 Å². The van der Waals surface area contributed by atoms with Crippen molar-refractivity contribution >= 4 is 11.9 Å². The Kier molecular flexibility index (Phi) is 3.52. The van der Waals surface area contributed by atoms with E-state index in [-0.39, 0.29) is 11.9 Å². The Hall–Kier alpha value is -1.30. The van der Waals surface area contributed by atoms with Gasteiger partial charge in [-0.3, -0.25) is 9.79 Å². The Labute approximate surface area is 88.5 Å². The lowest BCUT2D eigenvalue weighted by Gasteiger charge is -2.23. The van der Waals surface area contributed by atoms with Crippen LogP contribution in [0.2, 0.25) is 0 Å². The molecule has 86 valence electrons. The third kappa shape index (κ3) is 3.09. The molecule has 1 saturated carbocycles. The van der Waals surface area contributed by atoms with Crippen molar-refractivity contribution in [3.8, 4) is 0 Å². The normalized spacial score (nSPS) is 19.3. The van der Waals surface area contributed by atoms with Gasteiger partial charge in [0.2, 0.25) is 0 Å². The van der Waals surface area contributed by atoms with Crippen molar-refractivity contribution in [1.82, 2.24) is 0 Å². The number of carboxylic acid groups (broad SMARTS) is 1. The minimum Gasteiger partial charge on any atom is -0.480 e. The molecular formula is C9H18N4O2. The predicted molar refractivity (Wildman–Crippen MR) is 57.2 cm³/mol. The summed E-state index contributed by atoms with van der Waals surface area (Å²) in [4.78, 5) is 14.8. The summed E-state index contributed by atoms with van der Waals surface area (Å²) in [5.74, 6) is -0.775. The number of carboxylic acids is 1. The van der Waals surface area contributed by atoms with Gasteiger partial charge in [0.1, 0.15) is 5.54 Å². The molecule has 0 amide bonds. The van der Waals surface area contributed by atoms with Gasteiger partial charge in [0.05, 0.1) is 0 Å². The molecule has 6 nitrogen and oxygen atoms in total. The highest BCUT2D eigenvalue weighted by Crippen LogP contribution is 2.40. The van der Waals surface area contributed by atoms with Crippen molar-refractivity contribution < 1.29 is 9.90 Å². The summed E-state index contributed by atoms with van der Waals surface area (Å²) >= 11 is 0. The molecule has 7 N–H and O–H groups in total. The van der Waals surface area contributed by atoms with E-state index in [2.05, 4.69) is 4.99 Å². The summed E-state index contributed by atoms with van der Waals surface area (Å²) in [6.07, 6.45) is 2.83. The molecule has 0 aromatic rings. The van der Waals surface area contributed by atoms with Gasteiger partial charge in [-0.25, -0.2) is 0 Å². The van der Waals surface area contributed by atoms with Gasteiger partial charge >= 0.3 is 5.97 Å². The van der Waals surface area contributed by atoms with Crippen molar-refractivity contribution in [3.63, 3.8) is 0 Å². The molecule has 1 atom stereocenters. The van der Waals surface area contributed by atoms with Gasteiger partial charge in [-0.15, -0.1) is 0 Å². The van der Waals surface area contributed by atoms with E-state index in [0.717, 1.165) is 12.8 Å². The third-order valence-electron chi connectivity index (χ3n) is 2.75. The zero-order valence-corrected chi connectivity index (χ0v) is 8.65. The molecule has 0 radical (unpaired) electrons. The second-order valence-corrected chi connectivity index (χ2v) is 4.03. The molecule has 6 heteroatoms. The molecule has 0 bridgehead atoms. The molecule has 1 fully saturated rings. The van der Waals surface area contributed by atoms with Gasteiger partial charge in [0, 0.05) is 6.54 Å². The van der Waals surface area contributed by atoms with Crippen LogP contribution in [-0.4, -0.2) is 29.1 Å². The standard InChI is InChI=1S/C9H18N4O2/c10-8(11)13-5-1-4-9(12,7(14)15)6-2-3-6/h6H,1-5,12H2,(H,14,15)(H4,10,11,13). The monoisotopic (exact) mass is 214 g/mol. The van der Waals surface area contributed by atoms with Gasteiger partial charge in [0.15, 0.2) is 5.96 Å². The molecule has 0 heterocycles. The molecule has 1 rings (SSSR count). The van der Waals surface area contributed by atoms with Crippen molar-refractivity contribution in [2.24, 2.45) is 28.1 Å². The molecule has 0 aliphatic heterocycles. The zero-order chi connectivity index (χ0) is 11.5. The molecule has 0 aromatic heterocycles. The number of guanidine groups is 1. The molecule has 0 saturated heterocycles. The first-order valence-electron chi connectivity index (χ1n) is 5.04. The number of rotatable bonds is 6. The maximum absolute atomic E-state index is 11.0. The fourth-order valence-electron chi connectivity index (χ4n) is 1.66. The highest BCUT2D eigenvalue weighted by atomic mass is 16.4. The smallest absolute Gasteiger partial charge is 0.323 e. The Bertz CT molecular complexity index is 271. The third-order valence-corrected chi connectivity index (χ3v) is 2.75. The first-order chi connectivity index (χ1) is 6.97. The van der Waals surface area contributed by atoms with E-state index in [1.165, 1.54) is 0 Å². The van der Waals surface area contributed by atoms with Gasteiger partial charge < -0.3 is 22.3 Å². The second kappa shape index (κ2) is 4.48. The van der Waals surface area contributed by atoms with Gasteiger partial charge in [-0.1, -0.05) is 0 Å². The summed E-state index contributed by atoms with van der Waals surface area (Å²) in [6, 6.07) is 0. The average Bonchev–Trinajstić information content (AvgIpc) is 2.94. The van der Waals surface area contributed by atoms with Gasteiger partial charge in [-0.05, 0) is 31.6 Å². The number of hydrogen-bond acceptors (Lipinski definition) is 3. The molecule has 1 aliphatic carbocycles. The molecule has 1 aliphatic rings. The van der Waals surface area contributed by atoms with Crippen molar-refractivity contribution in [1.29, 1.82) is 0 Å². The summed E-state index contributed by atoms with van der Waals surface area (Å²) in [7, 11) is 0. The van der Waals surface area contributed by atoms with E-state index >= 15 is 0 Å². The van der Waals surface area contributed by atoms with Crippen LogP contribution < -0.4 is 17.2 Å². The molecule has 1 unspecified atom stereocenters. The number of aliphatic imine (C=N–C) groups is 1. The summed E-state index contributed by atoms with van der Waals surface area (Å²) < 4.78 is 0. The number of aliphatic carboxylic acids is 1. The van der Waals surface area contributed by atoms with E-state index < -0.39 is 11.5 Å². The lowest BCUT2D eigenvalue weighted by atomic mass is 9.89. The number of carbonyl (C=O) groups is 1. The second-order valence-electron chi connectivity index (χ2n) is 4.03. The first-order valence-corrected chi connectivity index (χ1v) is 5.04. The first kappa shape index (κ1) is 11.8. The minimum absolute atomic E-state index is 0.0272. The van der Waals surface area contributed by atoms with E-state index in [4.69, 9.17) is 22.3 Å². The average molecular weight is 214 g/mol. The van der Waals surface area contributed by atoms with Crippen LogP contribution >= 0.6 is 0 Å². The molecule has 15 heavy (non-hydrogen) atoms. The van der Waals surface area contributed by atoms with Gasteiger partial charge in [-0.2, -0.15) is 0 Å². The van der Waals surface area contributed by atoms with Crippen LogP contribution in [0.4, 0.5) is 0 Å². The predicted octanol–water partition coefficient (Wildman–Crippen LogP) is -0.768. The fourth-order valence-corrected chi connectivity index (χ4v) is 1.66. The van der Waals surface area contributed by atoms with Crippen molar-refractivity contribution in [2.75, 3.05) is 6.54 Å². The van der Waals surface area contributed by atoms with Crippen LogP contribution in [-0.2, 0) is 4.79 Å². The number of nitrogens with zero attached hydrogens (tertiary/aromatic N) is 1. The Morgan fingerprint density at radius 2 is 2.07 bits per heavy atom. The highest BCUT2D eigenvalue weighted by Gasteiger charge is 2.47. The quantitative estimate of drug-likeness (QED) is 0.262. The molecule has 0 spiro atoms. The number of nitrogens with two attached hydrogens (primary N) is 3. The highest BCUT2D eigenvalue weighted by molar-refractivity contribution is 5.79. The maximum Gasteiger partial charge on any atom is 0.323 e. The fraction of sp³-hybridized carbons (Fsp3) is 0.778. The minimum atomic E-state index is -1.08. The van der Waals surface area contributed by atoms with Crippen LogP contribution in [0.3, 0.4) is 0 Å². The topological polar surface area (TPSA) is 128 Å². The van der Waals surface area contributed by atoms with Crippen LogP contribution in [0.15, 0.2) is 4.99 Å². The van der Waals surface area contributed by atoms with E-state index in [0.29, 0.717) is 19.4 Å². The Morgan fingerprint density at radius 3 is 2.47 bits per heavy atom. The van der Waals surface area contributed by atoms with Crippen LogP contribution in [0.25, 0.3) is 0 Å². The lowest BCUT2D eigenvalue weighted by molar-refractivity contribution is -0.144. The van der Waals surface area contributed by atoms with Crippen molar-refractivity contribution in [3.05, 3.63) is 0 Å². The maximum atomic E-state index is 11.0. The Balaban J connectivity index is 2.39. The Morgan fingerprint density at radius 1 is 1.47 bits per heavy atom. The van der Waals surface area contributed by atoms with Crippen molar-refractivity contribution in [2.45, 2.75) is 31.2 Å². The summed E-state index contributed by atoms with van der Waals surface area (Å²) in [6.45, 7) is 0.432. The van der Waals surface area contributed by atoms with E-state index in [1.807, 2.05) is 0 Å². The largest absolute Gasteiger partial charge is 0.480 e. The van der Waals surface area contributed by atoms with E-state index in [9.17, 15) is 4.79 Å². The van der Waals surface area contributed by atoms with Crippen LogP contribution in [0, 0.1) is 5.92 Å². The van der Waals surface area contributed by atoms with Crippen LogP contribution in [0.5, 0.6) is 0 Å². The summed E-state index contributed by atoms with van der Waals surface area (Å²) in [5, 5.41) is 9.04. The van der Waals surface area contributed by atoms with Crippen LogP contribution in [0.1, 0.15) is 25.7 Å². The number of hydrogen-bond donors (Lipinski definition) is 4. The SMILES string of the molecule is NC(N)=NCCCC(N)(C(=O)O)C1CC1. The zero-order valence-electron chi connectivity index (χ0n) is 8.65. The van der Waals surface area contributed by atoms with E-state index in [1.54, 1.807) is 0 Å². The molecule has 0 aromatic carbocycles. The lowest BCUT2D eigenvalue weighted by Crippen LogP contribution is -2.50. The summed E-state index contributed by atoms with van der Waals surface area (Å²) in [5.41, 5.74) is 15.1.